The molecule has 0 atom stereocenters. The molecule has 0 saturated heterocycles. The normalized spacial score (nSPS) is 16.0. The minimum atomic E-state index is -4.01. The molecule has 2 aromatic rings. The number of anilines is 1. The Morgan fingerprint density at radius 2 is 2.04 bits per heavy atom. The van der Waals surface area contributed by atoms with E-state index >= 15 is 0 Å². The molecule has 5 nitrogen and oxygen atoms in total. The first-order valence-corrected chi connectivity index (χ1v) is 10.0. The van der Waals surface area contributed by atoms with Crippen molar-refractivity contribution >= 4 is 37.8 Å². The minimum Gasteiger partial charge on any atom is -0.505 e. The zero-order valence-electron chi connectivity index (χ0n) is 14.1. The van der Waals surface area contributed by atoms with E-state index in [1.807, 2.05) is 19.9 Å². The van der Waals surface area contributed by atoms with Gasteiger partial charge in [-0.2, -0.15) is 0 Å². The average Bonchev–Trinajstić information content (AvgIpc) is 2.98. The molecule has 1 N–H and O–H groups in total. The van der Waals surface area contributed by atoms with Gasteiger partial charge in [0.2, 0.25) is 0 Å². The summed E-state index contributed by atoms with van der Waals surface area (Å²) in [6.45, 7) is 5.60. The van der Waals surface area contributed by atoms with Crippen LogP contribution in [0.2, 0.25) is 0 Å². The fraction of sp³-hybridized carbons (Fsp3) is 0.278. The quantitative estimate of drug-likeness (QED) is 0.831. The van der Waals surface area contributed by atoms with Gasteiger partial charge in [-0.05, 0) is 12.5 Å². The molecule has 25 heavy (non-hydrogen) atoms. The van der Waals surface area contributed by atoms with Crippen LogP contribution in [0.4, 0.5) is 5.82 Å². The van der Waals surface area contributed by atoms with Gasteiger partial charge in [-0.3, -0.25) is 0 Å². The van der Waals surface area contributed by atoms with Gasteiger partial charge in [-0.25, -0.2) is 17.7 Å². The third-order valence-electron chi connectivity index (χ3n) is 3.96. The van der Waals surface area contributed by atoms with Crippen LogP contribution in [0.15, 0.2) is 24.3 Å². The van der Waals surface area contributed by atoms with Gasteiger partial charge in [-0.15, -0.1) is 17.8 Å². The van der Waals surface area contributed by atoms with Crippen LogP contribution in [0.1, 0.15) is 40.8 Å². The van der Waals surface area contributed by atoms with E-state index < -0.39 is 10.0 Å². The number of aromatic nitrogens is 1. The van der Waals surface area contributed by atoms with Crippen LogP contribution < -0.4 is 4.31 Å². The number of sulfonamides is 1. The predicted octanol–water partition coefficient (Wildman–Crippen LogP) is 3.74. The first-order chi connectivity index (χ1) is 11.8. The lowest BCUT2D eigenvalue weighted by Crippen LogP contribution is -2.35. The number of aliphatic hydroxyl groups excluding tert-OH is 1. The zero-order chi connectivity index (χ0) is 18.4. The number of hydrogen-bond donors (Lipinski definition) is 1. The molecule has 0 amide bonds. The van der Waals surface area contributed by atoms with E-state index in [4.69, 9.17) is 6.42 Å². The maximum atomic E-state index is 13.2. The molecule has 0 radical (unpaired) electrons. The van der Waals surface area contributed by atoms with Gasteiger partial charge < -0.3 is 5.11 Å². The molecule has 0 aliphatic carbocycles. The van der Waals surface area contributed by atoms with E-state index in [1.54, 1.807) is 25.1 Å². The van der Waals surface area contributed by atoms with Gasteiger partial charge in [0.05, 0.1) is 11.6 Å². The van der Waals surface area contributed by atoms with Crippen LogP contribution >= 0.6 is 11.3 Å². The molecule has 0 saturated carbocycles. The van der Waals surface area contributed by atoms with E-state index in [0.717, 1.165) is 14.9 Å². The summed E-state index contributed by atoms with van der Waals surface area (Å²) in [5.74, 6) is 2.44. The Bertz CT molecular complexity index is 1010. The number of terminal acetylenes is 1. The first kappa shape index (κ1) is 17.5. The molecule has 0 fully saturated rings. The molecule has 0 spiro atoms. The number of hydrogen-bond acceptors (Lipinski definition) is 5. The number of rotatable bonds is 3. The van der Waals surface area contributed by atoms with Crippen molar-refractivity contribution in [2.75, 3.05) is 10.8 Å². The molecular weight excluding hydrogens is 356 g/mol. The largest absolute Gasteiger partial charge is 0.505 e. The second kappa shape index (κ2) is 6.21. The number of aliphatic hydroxyl groups is 1. The van der Waals surface area contributed by atoms with Crippen molar-refractivity contribution < 1.29 is 13.5 Å². The molecule has 1 aromatic heterocycles. The number of fused-ring (bicyclic) bond motifs is 1. The molecule has 2 heterocycles. The number of nitrogens with zero attached hydrogens (tertiary/aromatic N) is 2. The van der Waals surface area contributed by atoms with Gasteiger partial charge in [0, 0.05) is 11.5 Å². The van der Waals surface area contributed by atoms with Crippen molar-refractivity contribution in [3.05, 3.63) is 45.3 Å². The van der Waals surface area contributed by atoms with Crippen LogP contribution in [0.3, 0.4) is 0 Å². The molecule has 1 aromatic carbocycles. The van der Waals surface area contributed by atoms with E-state index in [9.17, 15) is 13.5 Å². The highest BCUT2D eigenvalue weighted by atomic mass is 32.2. The van der Waals surface area contributed by atoms with Crippen LogP contribution in [-0.2, 0) is 10.0 Å². The highest BCUT2D eigenvalue weighted by Crippen LogP contribution is 2.46. The highest BCUT2D eigenvalue weighted by Gasteiger charge is 2.41. The fourth-order valence-corrected chi connectivity index (χ4v) is 5.51. The highest BCUT2D eigenvalue weighted by molar-refractivity contribution is 8.02. The van der Waals surface area contributed by atoms with Crippen molar-refractivity contribution in [2.45, 2.75) is 26.7 Å². The Morgan fingerprint density at radius 3 is 2.64 bits per heavy atom. The van der Waals surface area contributed by atoms with Crippen molar-refractivity contribution in [1.29, 1.82) is 0 Å². The lowest BCUT2D eigenvalue weighted by molar-refractivity contribution is 0.514. The third-order valence-corrected chi connectivity index (χ3v) is 7.12. The smallest absolute Gasteiger partial charge is 0.270 e. The average molecular weight is 374 g/mol. The maximum Gasteiger partial charge on any atom is 0.270 e. The maximum absolute atomic E-state index is 13.2. The molecule has 1 aliphatic heterocycles. The molecule has 0 unspecified atom stereocenters. The number of benzene rings is 1. The molecule has 1 aliphatic rings. The first-order valence-electron chi connectivity index (χ1n) is 7.75. The number of thiazole rings is 1. The topological polar surface area (TPSA) is 70.5 Å². The third kappa shape index (κ3) is 2.71. The summed E-state index contributed by atoms with van der Waals surface area (Å²) in [4.78, 5) is 4.74. The standard InChI is InChI=1S/C18H18N2O3S2/c1-5-10-20-17-15(24-18(19-17)11(2)3)14(21)16(25(20,22)23)13-9-7-6-8-12(13)4/h1,6-9,11,21H,10H2,2-4H3. The van der Waals surface area contributed by atoms with E-state index in [0.29, 0.717) is 10.4 Å². The Morgan fingerprint density at radius 1 is 1.36 bits per heavy atom. The monoisotopic (exact) mass is 374 g/mol. The van der Waals surface area contributed by atoms with E-state index in [-0.39, 0.29) is 28.9 Å². The summed E-state index contributed by atoms with van der Waals surface area (Å²) < 4.78 is 27.5. The van der Waals surface area contributed by atoms with Gasteiger partial charge in [-0.1, -0.05) is 44.0 Å². The van der Waals surface area contributed by atoms with E-state index in [2.05, 4.69) is 10.9 Å². The molecule has 7 heteroatoms. The second-order valence-electron chi connectivity index (χ2n) is 6.07. The SMILES string of the molecule is C#CCN1c2nc(C(C)C)sc2C(O)=C(c2ccccc2C)S1(=O)=O. The molecular formula is C18H18N2O3S2. The predicted molar refractivity (Wildman–Crippen MR) is 102 cm³/mol. The second-order valence-corrected chi connectivity index (χ2v) is 8.90. The number of aryl methyl sites for hydroxylation is 1. The summed E-state index contributed by atoms with van der Waals surface area (Å²) in [5.41, 5.74) is 1.22. The van der Waals surface area contributed by atoms with Crippen molar-refractivity contribution in [2.24, 2.45) is 0 Å². The van der Waals surface area contributed by atoms with Crippen LogP contribution in [0.5, 0.6) is 0 Å². The summed E-state index contributed by atoms with van der Waals surface area (Å²) >= 11 is 1.29. The minimum absolute atomic E-state index is 0.112. The lowest BCUT2D eigenvalue weighted by Gasteiger charge is -2.28. The van der Waals surface area contributed by atoms with Gasteiger partial charge in [0.15, 0.2) is 11.6 Å². The van der Waals surface area contributed by atoms with Crippen molar-refractivity contribution in [3.8, 4) is 12.3 Å². The molecule has 3 rings (SSSR count). The Hall–Kier alpha value is -2.30. The van der Waals surface area contributed by atoms with Crippen molar-refractivity contribution in [1.82, 2.24) is 4.98 Å². The zero-order valence-corrected chi connectivity index (χ0v) is 15.8. The van der Waals surface area contributed by atoms with E-state index in [1.165, 1.54) is 11.3 Å². The lowest BCUT2D eigenvalue weighted by atomic mass is 10.1. The Kier molecular flexibility index (Phi) is 4.35. The molecule has 0 bridgehead atoms. The van der Waals surface area contributed by atoms with Crippen LogP contribution in [-0.4, -0.2) is 25.1 Å². The fourth-order valence-electron chi connectivity index (χ4n) is 2.68. The van der Waals surface area contributed by atoms with Gasteiger partial charge in [0.25, 0.3) is 10.0 Å². The summed E-state index contributed by atoms with van der Waals surface area (Å²) in [7, 11) is -4.01. The Labute approximate surface area is 151 Å². The van der Waals surface area contributed by atoms with Crippen molar-refractivity contribution in [3.63, 3.8) is 0 Å². The Balaban J connectivity index is 2.36. The van der Waals surface area contributed by atoms with Crippen LogP contribution in [0.25, 0.3) is 10.7 Å². The summed E-state index contributed by atoms with van der Waals surface area (Å²) in [6.07, 6.45) is 5.39. The summed E-state index contributed by atoms with van der Waals surface area (Å²) in [5, 5.41) is 11.6. The molecule has 130 valence electrons. The van der Waals surface area contributed by atoms with Gasteiger partial charge in [0.1, 0.15) is 9.78 Å². The van der Waals surface area contributed by atoms with Crippen LogP contribution in [0, 0.1) is 19.3 Å². The van der Waals surface area contributed by atoms with Gasteiger partial charge >= 0.3 is 0 Å². The summed E-state index contributed by atoms with van der Waals surface area (Å²) in [6, 6.07) is 7.05.